The number of aliphatic hydroxyl groups is 2. The smallest absolute Gasteiger partial charge is 0.328 e. The summed E-state index contributed by atoms with van der Waals surface area (Å²) in [5.74, 6) is -1.42. The molecule has 1 saturated carbocycles. The number of carboxylic acid groups (broad SMARTS) is 1. The van der Waals surface area contributed by atoms with Gasteiger partial charge in [0.05, 0.1) is 18.5 Å². The molecule has 1 aliphatic carbocycles. The standard InChI is InChI=1S/C17H25N3O7/c1-17(2,8-13(23)24)7-12(22)18-9-3-4-10(15(26)14(9)25)20-6-5-11(21)19-16(20)27/h5-6,9-10,14-15,25-26H,3-4,7-8H2,1-2H3,(H,18,22)(H,23,24)(H,19,21,27)/t9-,10-,14-,15+/m1/s1. The van der Waals surface area contributed by atoms with Crippen LogP contribution < -0.4 is 16.6 Å². The number of carboxylic acids is 1. The van der Waals surface area contributed by atoms with Crippen LogP contribution in [-0.2, 0) is 9.59 Å². The molecule has 1 heterocycles. The zero-order chi connectivity index (χ0) is 20.4. The molecule has 0 saturated heterocycles. The molecular weight excluding hydrogens is 358 g/mol. The number of hydrogen-bond acceptors (Lipinski definition) is 6. The van der Waals surface area contributed by atoms with Crippen molar-refractivity contribution in [2.75, 3.05) is 0 Å². The first-order chi connectivity index (χ1) is 12.5. The Hall–Kier alpha value is -2.46. The fraction of sp³-hybridized carbons (Fsp3) is 0.647. The molecule has 1 aliphatic rings. The molecule has 1 fully saturated rings. The van der Waals surface area contributed by atoms with Gasteiger partial charge in [0.15, 0.2) is 0 Å². The number of carbonyl (C=O) groups is 2. The maximum atomic E-state index is 12.2. The van der Waals surface area contributed by atoms with Crippen molar-refractivity contribution in [1.29, 1.82) is 0 Å². The van der Waals surface area contributed by atoms with Crippen LogP contribution in [0.15, 0.2) is 21.9 Å². The first-order valence-corrected chi connectivity index (χ1v) is 8.69. The van der Waals surface area contributed by atoms with Crippen molar-refractivity contribution < 1.29 is 24.9 Å². The van der Waals surface area contributed by atoms with E-state index in [4.69, 9.17) is 5.11 Å². The molecule has 5 N–H and O–H groups in total. The summed E-state index contributed by atoms with van der Waals surface area (Å²) < 4.78 is 1.16. The predicted molar refractivity (Wildman–Crippen MR) is 94.2 cm³/mol. The van der Waals surface area contributed by atoms with Gasteiger partial charge in [-0.05, 0) is 18.3 Å². The lowest BCUT2D eigenvalue weighted by molar-refractivity contribution is -0.139. The topological polar surface area (TPSA) is 162 Å². The molecule has 0 bridgehead atoms. The van der Waals surface area contributed by atoms with Gasteiger partial charge in [0.25, 0.3) is 5.56 Å². The van der Waals surface area contributed by atoms with Gasteiger partial charge in [0, 0.05) is 18.7 Å². The number of nitrogens with zero attached hydrogens (tertiary/aromatic N) is 1. The second-order valence-electron chi connectivity index (χ2n) is 7.73. The first kappa shape index (κ1) is 20.8. The van der Waals surface area contributed by atoms with Gasteiger partial charge in [0.2, 0.25) is 5.91 Å². The predicted octanol–water partition coefficient (Wildman–Crippen LogP) is -1.03. The lowest BCUT2D eigenvalue weighted by Crippen LogP contribution is -2.55. The van der Waals surface area contributed by atoms with Crippen LogP contribution in [0.5, 0.6) is 0 Å². The highest BCUT2D eigenvalue weighted by molar-refractivity contribution is 5.78. The van der Waals surface area contributed by atoms with Crippen molar-refractivity contribution in [3.8, 4) is 0 Å². The second-order valence-corrected chi connectivity index (χ2v) is 7.73. The minimum atomic E-state index is -1.32. The average molecular weight is 383 g/mol. The van der Waals surface area contributed by atoms with Gasteiger partial charge in [-0.3, -0.25) is 23.9 Å². The van der Waals surface area contributed by atoms with E-state index in [0.717, 1.165) is 10.6 Å². The van der Waals surface area contributed by atoms with Gasteiger partial charge in [-0.25, -0.2) is 4.79 Å². The summed E-state index contributed by atoms with van der Waals surface area (Å²) in [5.41, 5.74) is -1.99. The number of H-pyrrole nitrogens is 1. The Labute approximate surface area is 154 Å². The van der Waals surface area contributed by atoms with Gasteiger partial charge in [-0.15, -0.1) is 0 Å². The monoisotopic (exact) mass is 383 g/mol. The number of aliphatic hydroxyl groups excluding tert-OH is 2. The van der Waals surface area contributed by atoms with Crippen LogP contribution in [0.2, 0.25) is 0 Å². The molecule has 2 rings (SSSR count). The van der Waals surface area contributed by atoms with Gasteiger partial charge >= 0.3 is 11.7 Å². The van der Waals surface area contributed by atoms with E-state index in [2.05, 4.69) is 10.3 Å². The molecule has 150 valence electrons. The minimum absolute atomic E-state index is 0.0403. The van der Waals surface area contributed by atoms with E-state index < -0.39 is 52.8 Å². The van der Waals surface area contributed by atoms with E-state index >= 15 is 0 Å². The van der Waals surface area contributed by atoms with E-state index in [9.17, 15) is 29.4 Å². The Morgan fingerprint density at radius 2 is 1.89 bits per heavy atom. The summed E-state index contributed by atoms with van der Waals surface area (Å²) in [6, 6.07) is -0.303. The fourth-order valence-electron chi connectivity index (χ4n) is 3.47. The molecule has 4 atom stereocenters. The van der Waals surface area contributed by atoms with Gasteiger partial charge in [0.1, 0.15) is 12.2 Å². The number of aromatic amines is 1. The number of nitrogens with one attached hydrogen (secondary N) is 2. The Kier molecular flexibility index (Phi) is 6.22. The molecule has 1 amide bonds. The summed E-state index contributed by atoms with van der Waals surface area (Å²) in [5, 5.41) is 32.3. The number of aromatic nitrogens is 2. The van der Waals surface area contributed by atoms with E-state index in [1.54, 1.807) is 13.8 Å². The highest BCUT2D eigenvalue weighted by atomic mass is 16.4. The highest BCUT2D eigenvalue weighted by Crippen LogP contribution is 2.29. The van der Waals surface area contributed by atoms with Crippen molar-refractivity contribution in [3.63, 3.8) is 0 Å². The zero-order valence-corrected chi connectivity index (χ0v) is 15.2. The summed E-state index contributed by atoms with van der Waals surface area (Å²) in [6.07, 6.45) is -0.981. The maximum absolute atomic E-state index is 12.2. The third kappa shape index (κ3) is 5.27. The number of carbonyl (C=O) groups excluding carboxylic acids is 1. The average Bonchev–Trinajstić information content (AvgIpc) is 2.51. The largest absolute Gasteiger partial charge is 0.481 e. The van der Waals surface area contributed by atoms with Crippen LogP contribution >= 0.6 is 0 Å². The number of aliphatic carboxylic acids is 1. The van der Waals surface area contributed by atoms with Crippen LogP contribution in [0.3, 0.4) is 0 Å². The maximum Gasteiger partial charge on any atom is 0.328 e. The third-order valence-corrected chi connectivity index (χ3v) is 4.75. The van der Waals surface area contributed by atoms with Crippen molar-refractivity contribution in [2.45, 2.75) is 63.8 Å². The van der Waals surface area contributed by atoms with Crippen molar-refractivity contribution in [1.82, 2.24) is 14.9 Å². The fourth-order valence-corrected chi connectivity index (χ4v) is 3.47. The van der Waals surface area contributed by atoms with E-state index in [-0.39, 0.29) is 12.8 Å². The lowest BCUT2D eigenvalue weighted by Gasteiger charge is -2.38. The van der Waals surface area contributed by atoms with Crippen molar-refractivity contribution in [2.24, 2.45) is 5.41 Å². The van der Waals surface area contributed by atoms with Crippen molar-refractivity contribution in [3.05, 3.63) is 33.1 Å². The Bertz CT molecular complexity index is 813. The normalized spacial score (nSPS) is 25.8. The van der Waals surface area contributed by atoms with E-state index in [1.807, 2.05) is 0 Å². The number of amides is 1. The second kappa shape index (κ2) is 8.05. The number of hydrogen-bond donors (Lipinski definition) is 5. The van der Waals surface area contributed by atoms with E-state index in [1.165, 1.54) is 6.20 Å². The first-order valence-electron chi connectivity index (χ1n) is 8.69. The summed E-state index contributed by atoms with van der Waals surface area (Å²) in [7, 11) is 0. The quantitative estimate of drug-likeness (QED) is 0.419. The van der Waals surface area contributed by atoms with Crippen molar-refractivity contribution >= 4 is 11.9 Å². The van der Waals surface area contributed by atoms with Gasteiger partial charge < -0.3 is 20.6 Å². The van der Waals surface area contributed by atoms with Crippen LogP contribution in [0, 0.1) is 5.41 Å². The molecule has 10 heteroatoms. The van der Waals surface area contributed by atoms with Gasteiger partial charge in [-0.2, -0.15) is 0 Å². The Morgan fingerprint density at radius 1 is 1.22 bits per heavy atom. The lowest BCUT2D eigenvalue weighted by atomic mass is 9.83. The molecule has 1 aromatic rings. The molecule has 0 unspecified atom stereocenters. The number of rotatable bonds is 6. The molecule has 0 spiro atoms. The SMILES string of the molecule is CC(C)(CC(=O)O)CC(=O)N[C@@H]1CC[C@@H](n2ccc(=O)[nH]c2=O)[C@H](O)[C@@H]1O. The highest BCUT2D eigenvalue weighted by Gasteiger charge is 2.39. The minimum Gasteiger partial charge on any atom is -0.481 e. The Balaban J connectivity index is 2.03. The van der Waals surface area contributed by atoms with Crippen LogP contribution in [0.1, 0.15) is 45.6 Å². The van der Waals surface area contributed by atoms with Crippen LogP contribution in [0.25, 0.3) is 0 Å². The molecule has 0 aromatic carbocycles. The molecule has 10 nitrogen and oxygen atoms in total. The zero-order valence-electron chi connectivity index (χ0n) is 15.2. The van der Waals surface area contributed by atoms with Gasteiger partial charge in [-0.1, -0.05) is 13.8 Å². The molecule has 0 radical (unpaired) electrons. The summed E-state index contributed by atoms with van der Waals surface area (Å²) >= 11 is 0. The van der Waals surface area contributed by atoms with Crippen LogP contribution in [-0.4, -0.2) is 55.0 Å². The van der Waals surface area contributed by atoms with E-state index in [0.29, 0.717) is 12.8 Å². The molecule has 27 heavy (non-hydrogen) atoms. The molecule has 0 aliphatic heterocycles. The summed E-state index contributed by atoms with van der Waals surface area (Å²) in [4.78, 5) is 48.2. The molecule has 1 aromatic heterocycles. The third-order valence-electron chi connectivity index (χ3n) is 4.75. The molecular formula is C17H25N3O7. The Morgan fingerprint density at radius 3 is 2.48 bits per heavy atom. The van der Waals surface area contributed by atoms with Crippen LogP contribution in [0.4, 0.5) is 0 Å². The summed E-state index contributed by atoms with van der Waals surface area (Å²) in [6.45, 7) is 3.32.